The van der Waals surface area contributed by atoms with Crippen molar-refractivity contribution in [2.24, 2.45) is 0 Å². The third-order valence-corrected chi connectivity index (χ3v) is 5.49. The maximum absolute atomic E-state index is 12.9. The fraction of sp³-hybridized carbons (Fsp3) is 0.429. The first-order chi connectivity index (χ1) is 11.1. The average molecular weight is 332 g/mol. The Morgan fingerprint density at radius 2 is 2.04 bits per heavy atom. The van der Waals surface area contributed by atoms with Crippen LogP contribution in [0.15, 0.2) is 29.4 Å². The molecule has 0 saturated heterocycles. The minimum absolute atomic E-state index is 0.0755. The third kappa shape index (κ3) is 2.40. The first-order valence-corrected chi connectivity index (χ1v) is 9.20. The number of rotatable bonds is 5. The maximum Gasteiger partial charge on any atom is 0.229 e. The van der Waals surface area contributed by atoms with Crippen LogP contribution in [0, 0.1) is 0 Å². The summed E-state index contributed by atoms with van der Waals surface area (Å²) in [4.78, 5) is 4.32. The standard InChI is InChI=1S/C14H16N6O2S/c1-2-19-12-6-4-3-5-11(12)15-14(19)23(21,22)9-13-16-17-18-20(13)10-7-8-10/h3-6,10H,2,7-9H2,1H3. The highest BCUT2D eigenvalue weighted by Gasteiger charge is 2.31. The Labute approximate surface area is 133 Å². The van der Waals surface area contributed by atoms with Gasteiger partial charge in [-0.25, -0.2) is 18.1 Å². The molecule has 23 heavy (non-hydrogen) atoms. The highest BCUT2D eigenvalue weighted by Crippen LogP contribution is 2.35. The van der Waals surface area contributed by atoms with Gasteiger partial charge in [-0.05, 0) is 42.3 Å². The Hall–Kier alpha value is -2.29. The van der Waals surface area contributed by atoms with Crippen LogP contribution in [-0.4, -0.2) is 38.2 Å². The Morgan fingerprint density at radius 3 is 2.78 bits per heavy atom. The summed E-state index contributed by atoms with van der Waals surface area (Å²) in [6.45, 7) is 2.43. The lowest BCUT2D eigenvalue weighted by Gasteiger charge is -2.07. The van der Waals surface area contributed by atoms with Crippen molar-refractivity contribution >= 4 is 20.9 Å². The average Bonchev–Trinajstić information content (AvgIpc) is 3.15. The molecule has 9 heteroatoms. The van der Waals surface area contributed by atoms with Gasteiger partial charge in [0.05, 0.1) is 17.1 Å². The van der Waals surface area contributed by atoms with Crippen molar-refractivity contribution in [1.29, 1.82) is 0 Å². The Morgan fingerprint density at radius 1 is 1.26 bits per heavy atom. The molecule has 0 atom stereocenters. The summed E-state index contributed by atoms with van der Waals surface area (Å²) in [5.41, 5.74) is 1.49. The van der Waals surface area contributed by atoms with Crippen molar-refractivity contribution in [1.82, 2.24) is 29.8 Å². The molecule has 0 N–H and O–H groups in total. The van der Waals surface area contributed by atoms with Gasteiger partial charge in [0.2, 0.25) is 15.0 Å². The number of fused-ring (bicyclic) bond motifs is 1. The summed E-state index contributed by atoms with van der Waals surface area (Å²) < 4.78 is 29.0. The molecule has 1 saturated carbocycles. The van der Waals surface area contributed by atoms with Crippen molar-refractivity contribution in [2.75, 3.05) is 0 Å². The molecule has 0 unspecified atom stereocenters. The van der Waals surface area contributed by atoms with E-state index in [1.54, 1.807) is 9.25 Å². The summed E-state index contributed by atoms with van der Waals surface area (Å²) in [5.74, 6) is 0.141. The molecule has 120 valence electrons. The van der Waals surface area contributed by atoms with E-state index in [1.807, 2.05) is 31.2 Å². The van der Waals surface area contributed by atoms with Crippen molar-refractivity contribution in [3.8, 4) is 0 Å². The monoisotopic (exact) mass is 332 g/mol. The van der Waals surface area contributed by atoms with Gasteiger partial charge in [0.25, 0.3) is 0 Å². The summed E-state index contributed by atoms with van der Waals surface area (Å²) in [6.07, 6.45) is 1.98. The van der Waals surface area contributed by atoms with E-state index in [0.717, 1.165) is 18.4 Å². The highest BCUT2D eigenvalue weighted by atomic mass is 32.2. The van der Waals surface area contributed by atoms with E-state index in [2.05, 4.69) is 20.5 Å². The lowest BCUT2D eigenvalue weighted by atomic mass is 10.3. The molecule has 3 aromatic rings. The summed E-state index contributed by atoms with van der Waals surface area (Å²) in [6, 6.07) is 7.65. The zero-order chi connectivity index (χ0) is 16.0. The first kappa shape index (κ1) is 14.3. The minimum Gasteiger partial charge on any atom is -0.315 e. The van der Waals surface area contributed by atoms with Gasteiger partial charge in [-0.2, -0.15) is 0 Å². The lowest BCUT2D eigenvalue weighted by Crippen LogP contribution is -2.15. The van der Waals surface area contributed by atoms with Gasteiger partial charge in [0.15, 0.2) is 5.82 Å². The molecule has 0 aliphatic heterocycles. The van der Waals surface area contributed by atoms with Crippen molar-refractivity contribution in [3.63, 3.8) is 0 Å². The van der Waals surface area contributed by atoms with Crippen LogP contribution in [0.4, 0.5) is 0 Å². The fourth-order valence-corrected chi connectivity index (χ4v) is 4.20. The predicted octanol–water partition coefficient (Wildman–Crippen LogP) is 1.35. The molecule has 1 fully saturated rings. The number of benzene rings is 1. The number of para-hydroxylation sites is 2. The Bertz CT molecular complexity index is 970. The van der Waals surface area contributed by atoms with Gasteiger partial charge >= 0.3 is 0 Å². The zero-order valence-electron chi connectivity index (χ0n) is 12.6. The maximum atomic E-state index is 12.9. The molecule has 1 aromatic carbocycles. The fourth-order valence-electron chi connectivity index (χ4n) is 2.74. The van der Waals surface area contributed by atoms with Crippen molar-refractivity contribution in [3.05, 3.63) is 30.1 Å². The highest BCUT2D eigenvalue weighted by molar-refractivity contribution is 7.90. The van der Waals surface area contributed by atoms with E-state index >= 15 is 0 Å². The van der Waals surface area contributed by atoms with E-state index in [1.165, 1.54) is 0 Å². The van der Waals surface area contributed by atoms with E-state index in [0.29, 0.717) is 17.9 Å². The second-order valence-electron chi connectivity index (χ2n) is 5.66. The molecule has 1 aliphatic rings. The van der Waals surface area contributed by atoms with Crippen LogP contribution in [0.1, 0.15) is 31.6 Å². The third-order valence-electron chi connectivity index (χ3n) is 3.99. The molecule has 1 aliphatic carbocycles. The number of aromatic nitrogens is 6. The SMILES string of the molecule is CCn1c(S(=O)(=O)Cc2nnnn2C2CC2)nc2ccccc21. The lowest BCUT2D eigenvalue weighted by molar-refractivity contribution is 0.559. The Kier molecular flexibility index (Phi) is 3.19. The second-order valence-corrected chi connectivity index (χ2v) is 7.54. The van der Waals surface area contributed by atoms with Crippen LogP contribution in [0.5, 0.6) is 0 Å². The number of imidazole rings is 1. The summed E-state index contributed by atoms with van der Waals surface area (Å²) in [7, 11) is -3.63. The summed E-state index contributed by atoms with van der Waals surface area (Å²) in [5, 5.41) is 11.5. The van der Waals surface area contributed by atoms with Crippen LogP contribution in [-0.2, 0) is 22.1 Å². The van der Waals surface area contributed by atoms with Crippen molar-refractivity contribution < 1.29 is 8.42 Å². The van der Waals surface area contributed by atoms with Gasteiger partial charge in [-0.1, -0.05) is 12.1 Å². The number of sulfone groups is 1. The van der Waals surface area contributed by atoms with Crippen LogP contribution < -0.4 is 0 Å². The van der Waals surface area contributed by atoms with Crippen LogP contribution in [0.25, 0.3) is 11.0 Å². The van der Waals surface area contributed by atoms with Crippen LogP contribution in [0.3, 0.4) is 0 Å². The topological polar surface area (TPSA) is 95.6 Å². The molecule has 0 radical (unpaired) electrons. The van der Waals surface area contributed by atoms with E-state index in [4.69, 9.17) is 0 Å². The quantitative estimate of drug-likeness (QED) is 0.700. The van der Waals surface area contributed by atoms with E-state index in [-0.39, 0.29) is 17.0 Å². The van der Waals surface area contributed by atoms with Gasteiger partial charge in [0.1, 0.15) is 5.75 Å². The molecule has 4 rings (SSSR count). The second kappa shape index (κ2) is 5.12. The van der Waals surface area contributed by atoms with Gasteiger partial charge in [-0.3, -0.25) is 0 Å². The van der Waals surface area contributed by atoms with Gasteiger partial charge in [-0.15, -0.1) is 5.10 Å². The van der Waals surface area contributed by atoms with Gasteiger partial charge < -0.3 is 4.57 Å². The number of nitrogens with zero attached hydrogens (tertiary/aromatic N) is 6. The number of tetrazole rings is 1. The number of hydrogen-bond acceptors (Lipinski definition) is 6. The molecule has 0 amide bonds. The largest absolute Gasteiger partial charge is 0.315 e. The molecular weight excluding hydrogens is 316 g/mol. The van der Waals surface area contributed by atoms with Crippen LogP contribution in [0.2, 0.25) is 0 Å². The van der Waals surface area contributed by atoms with E-state index < -0.39 is 9.84 Å². The smallest absolute Gasteiger partial charge is 0.229 e. The molecule has 0 spiro atoms. The summed E-state index contributed by atoms with van der Waals surface area (Å²) >= 11 is 0. The van der Waals surface area contributed by atoms with Gasteiger partial charge in [0, 0.05) is 6.54 Å². The predicted molar refractivity (Wildman–Crippen MR) is 82.4 cm³/mol. The minimum atomic E-state index is -3.63. The Balaban J connectivity index is 1.78. The molecule has 2 aromatic heterocycles. The molecule has 2 heterocycles. The molecule has 0 bridgehead atoms. The molecular formula is C14H16N6O2S. The number of hydrogen-bond donors (Lipinski definition) is 0. The van der Waals surface area contributed by atoms with Crippen molar-refractivity contribution in [2.45, 2.75) is 43.3 Å². The normalized spacial score (nSPS) is 15.3. The zero-order valence-corrected chi connectivity index (χ0v) is 13.4. The van der Waals surface area contributed by atoms with Crippen LogP contribution >= 0.6 is 0 Å². The first-order valence-electron chi connectivity index (χ1n) is 7.55. The number of aryl methyl sites for hydroxylation is 1. The van der Waals surface area contributed by atoms with E-state index in [9.17, 15) is 8.42 Å². The molecule has 8 nitrogen and oxygen atoms in total.